The van der Waals surface area contributed by atoms with Crippen LogP contribution in [-0.2, 0) is 14.8 Å². The molecule has 0 aliphatic carbocycles. The topological polar surface area (TPSA) is 81.4 Å². The molecule has 0 bridgehead atoms. The van der Waals surface area contributed by atoms with Crippen molar-refractivity contribution < 1.29 is 13.2 Å². The Kier molecular flexibility index (Phi) is 5.34. The Balaban J connectivity index is 2.92. The van der Waals surface area contributed by atoms with Gasteiger partial charge in [-0.05, 0) is 51.0 Å². The van der Waals surface area contributed by atoms with Crippen molar-refractivity contribution in [3.8, 4) is 0 Å². The van der Waals surface area contributed by atoms with E-state index < -0.39 is 10.0 Å². The maximum absolute atomic E-state index is 12.2. The Morgan fingerprint density at radius 1 is 1.32 bits per heavy atom. The summed E-state index contributed by atoms with van der Waals surface area (Å²) >= 11 is 0. The minimum Gasteiger partial charge on any atom is -0.398 e. The second-order valence-corrected chi connectivity index (χ2v) is 6.33. The molecule has 0 amide bonds. The largest absolute Gasteiger partial charge is 0.398 e. The molecule has 1 rings (SSSR count). The molecule has 19 heavy (non-hydrogen) atoms. The summed E-state index contributed by atoms with van der Waals surface area (Å²) in [5.74, 6) is 0. The monoisotopic (exact) mass is 286 g/mol. The molecular formula is C13H22N2O3S. The van der Waals surface area contributed by atoms with Gasteiger partial charge in [0, 0.05) is 13.2 Å². The fourth-order valence-electron chi connectivity index (χ4n) is 1.69. The second-order valence-electron chi connectivity index (χ2n) is 4.59. The van der Waals surface area contributed by atoms with Crippen LogP contribution in [0, 0.1) is 13.8 Å². The van der Waals surface area contributed by atoms with Gasteiger partial charge < -0.3 is 10.5 Å². The molecule has 0 saturated carbocycles. The third-order valence-electron chi connectivity index (χ3n) is 2.93. The number of sulfonamides is 1. The molecule has 0 saturated heterocycles. The molecule has 0 fully saturated rings. The van der Waals surface area contributed by atoms with Crippen LogP contribution in [0.5, 0.6) is 0 Å². The van der Waals surface area contributed by atoms with Crippen LogP contribution in [0.25, 0.3) is 0 Å². The lowest BCUT2D eigenvalue weighted by atomic mass is 10.1. The maximum Gasteiger partial charge on any atom is 0.242 e. The van der Waals surface area contributed by atoms with E-state index >= 15 is 0 Å². The molecule has 1 aromatic rings. The highest BCUT2D eigenvalue weighted by Crippen LogP contribution is 2.22. The minimum atomic E-state index is -3.60. The maximum atomic E-state index is 12.2. The number of hydrogen-bond acceptors (Lipinski definition) is 4. The van der Waals surface area contributed by atoms with Crippen LogP contribution in [0.3, 0.4) is 0 Å². The van der Waals surface area contributed by atoms with Crippen LogP contribution in [0.4, 0.5) is 5.69 Å². The Labute approximate surface area is 115 Å². The summed E-state index contributed by atoms with van der Waals surface area (Å²) in [6, 6.07) is 3.27. The van der Waals surface area contributed by atoms with Gasteiger partial charge in [0.2, 0.25) is 10.0 Å². The van der Waals surface area contributed by atoms with E-state index in [-0.39, 0.29) is 23.2 Å². The van der Waals surface area contributed by atoms with Crippen molar-refractivity contribution in [2.24, 2.45) is 0 Å². The first-order chi connectivity index (χ1) is 8.77. The smallest absolute Gasteiger partial charge is 0.242 e. The van der Waals surface area contributed by atoms with Crippen molar-refractivity contribution in [3.05, 3.63) is 23.3 Å². The van der Waals surface area contributed by atoms with Crippen molar-refractivity contribution >= 4 is 15.7 Å². The molecule has 6 heteroatoms. The Morgan fingerprint density at radius 2 is 1.89 bits per heavy atom. The number of aryl methyl sites for hydroxylation is 2. The molecule has 3 N–H and O–H groups in total. The predicted octanol–water partition coefficient (Wildman–Crippen LogP) is 1.59. The molecule has 108 valence electrons. The molecule has 1 aromatic carbocycles. The molecule has 5 nitrogen and oxygen atoms in total. The normalized spacial score (nSPS) is 13.5. The predicted molar refractivity (Wildman–Crippen MR) is 76.6 cm³/mol. The van der Waals surface area contributed by atoms with Gasteiger partial charge in [-0.15, -0.1) is 0 Å². The number of anilines is 1. The first-order valence-electron chi connectivity index (χ1n) is 6.26. The third-order valence-corrected chi connectivity index (χ3v) is 4.41. The van der Waals surface area contributed by atoms with E-state index in [0.717, 1.165) is 11.1 Å². The van der Waals surface area contributed by atoms with E-state index in [1.54, 1.807) is 12.1 Å². The van der Waals surface area contributed by atoms with Gasteiger partial charge in [-0.1, -0.05) is 0 Å². The van der Waals surface area contributed by atoms with Gasteiger partial charge in [0.1, 0.15) is 4.90 Å². The van der Waals surface area contributed by atoms with Gasteiger partial charge in [-0.25, -0.2) is 13.1 Å². The standard InChI is InChI=1S/C13H22N2O3S/c1-5-18-11(4)8-15-19(16,17)13-7-10(3)9(2)6-12(13)14/h6-7,11,15H,5,8,14H2,1-4H3. The number of nitrogens with one attached hydrogen (secondary N) is 1. The van der Waals surface area contributed by atoms with Gasteiger partial charge in [0.25, 0.3) is 0 Å². The van der Waals surface area contributed by atoms with E-state index in [1.165, 1.54) is 0 Å². The van der Waals surface area contributed by atoms with Gasteiger partial charge >= 0.3 is 0 Å². The fourth-order valence-corrected chi connectivity index (χ4v) is 3.00. The molecule has 1 unspecified atom stereocenters. The van der Waals surface area contributed by atoms with Crippen molar-refractivity contribution in [3.63, 3.8) is 0 Å². The van der Waals surface area contributed by atoms with Crippen LogP contribution in [-0.4, -0.2) is 27.7 Å². The summed E-state index contributed by atoms with van der Waals surface area (Å²) in [6.45, 7) is 8.21. The van der Waals surface area contributed by atoms with Crippen LogP contribution in [0.15, 0.2) is 17.0 Å². The molecule has 0 aromatic heterocycles. The van der Waals surface area contributed by atoms with E-state index in [0.29, 0.717) is 6.61 Å². The molecule has 0 aliphatic rings. The number of ether oxygens (including phenoxy) is 1. The van der Waals surface area contributed by atoms with Crippen LogP contribution in [0.2, 0.25) is 0 Å². The lowest BCUT2D eigenvalue weighted by Crippen LogP contribution is -2.32. The number of rotatable bonds is 6. The van der Waals surface area contributed by atoms with Crippen molar-refractivity contribution in [2.75, 3.05) is 18.9 Å². The summed E-state index contributed by atoms with van der Waals surface area (Å²) in [5, 5.41) is 0. The molecule has 0 radical (unpaired) electrons. The zero-order chi connectivity index (χ0) is 14.6. The Morgan fingerprint density at radius 3 is 2.47 bits per heavy atom. The van der Waals surface area contributed by atoms with Crippen LogP contribution >= 0.6 is 0 Å². The van der Waals surface area contributed by atoms with Crippen molar-refractivity contribution in [1.82, 2.24) is 4.72 Å². The summed E-state index contributed by atoms with van der Waals surface area (Å²) in [6.07, 6.45) is -0.174. The lowest BCUT2D eigenvalue weighted by molar-refractivity contribution is 0.0799. The molecule has 0 spiro atoms. The van der Waals surface area contributed by atoms with E-state index in [1.807, 2.05) is 27.7 Å². The first kappa shape index (κ1) is 15.9. The summed E-state index contributed by atoms with van der Waals surface area (Å²) in [4.78, 5) is 0.124. The lowest BCUT2D eigenvalue weighted by Gasteiger charge is -2.15. The highest BCUT2D eigenvalue weighted by Gasteiger charge is 2.19. The molecule has 0 aliphatic heterocycles. The second kappa shape index (κ2) is 6.36. The average molecular weight is 286 g/mol. The minimum absolute atomic E-state index is 0.124. The van der Waals surface area contributed by atoms with Crippen LogP contribution < -0.4 is 10.5 Å². The highest BCUT2D eigenvalue weighted by atomic mass is 32.2. The Hall–Kier alpha value is -1.11. The zero-order valence-electron chi connectivity index (χ0n) is 11.9. The molecule has 1 atom stereocenters. The zero-order valence-corrected chi connectivity index (χ0v) is 12.7. The SMILES string of the molecule is CCOC(C)CNS(=O)(=O)c1cc(C)c(C)cc1N. The van der Waals surface area contributed by atoms with E-state index in [9.17, 15) is 8.42 Å². The van der Waals surface area contributed by atoms with Crippen molar-refractivity contribution in [2.45, 2.75) is 38.7 Å². The van der Waals surface area contributed by atoms with Crippen molar-refractivity contribution in [1.29, 1.82) is 0 Å². The number of nitrogens with two attached hydrogens (primary N) is 1. The summed E-state index contributed by atoms with van der Waals surface area (Å²) < 4.78 is 32.2. The number of benzene rings is 1. The van der Waals surface area contributed by atoms with E-state index in [2.05, 4.69) is 4.72 Å². The molecule has 0 heterocycles. The van der Waals surface area contributed by atoms with Crippen LogP contribution in [0.1, 0.15) is 25.0 Å². The Bertz CT molecular complexity index is 541. The van der Waals surface area contributed by atoms with Gasteiger partial charge in [0.15, 0.2) is 0 Å². The van der Waals surface area contributed by atoms with Gasteiger partial charge in [-0.2, -0.15) is 0 Å². The average Bonchev–Trinajstić information content (AvgIpc) is 2.31. The van der Waals surface area contributed by atoms with E-state index in [4.69, 9.17) is 10.5 Å². The quantitative estimate of drug-likeness (QED) is 0.778. The summed E-state index contributed by atoms with van der Waals surface area (Å²) in [7, 11) is -3.60. The third kappa shape index (κ3) is 4.19. The number of hydrogen-bond donors (Lipinski definition) is 2. The fraction of sp³-hybridized carbons (Fsp3) is 0.538. The highest BCUT2D eigenvalue weighted by molar-refractivity contribution is 7.89. The van der Waals surface area contributed by atoms with Gasteiger partial charge in [0.05, 0.1) is 11.8 Å². The first-order valence-corrected chi connectivity index (χ1v) is 7.74. The summed E-state index contributed by atoms with van der Waals surface area (Å²) in [5.41, 5.74) is 7.92. The number of nitrogen functional groups attached to an aromatic ring is 1. The molecular weight excluding hydrogens is 264 g/mol. The van der Waals surface area contributed by atoms with Gasteiger partial charge in [-0.3, -0.25) is 0 Å².